The smallest absolute Gasteiger partial charge is 0.234 e. The third-order valence-corrected chi connectivity index (χ3v) is 6.02. The molecular weight excluding hydrogens is 380 g/mol. The highest BCUT2D eigenvalue weighted by molar-refractivity contribution is 8.00. The van der Waals surface area contributed by atoms with Gasteiger partial charge in [-0.3, -0.25) is 9.59 Å². The Morgan fingerprint density at radius 1 is 1.03 bits per heavy atom. The molecule has 1 aliphatic carbocycles. The number of thioether (sulfide) groups is 1. The zero-order valence-corrected chi connectivity index (χ0v) is 18.3. The molecule has 0 aromatic heterocycles. The molecular formula is C24H30N2O2S. The van der Waals surface area contributed by atoms with Crippen LogP contribution in [0.2, 0.25) is 0 Å². The Morgan fingerprint density at radius 2 is 1.69 bits per heavy atom. The molecule has 1 N–H and O–H groups in total. The van der Waals surface area contributed by atoms with Gasteiger partial charge in [-0.25, -0.2) is 0 Å². The lowest BCUT2D eigenvalue weighted by atomic mass is 10.0. The molecule has 1 saturated carbocycles. The molecule has 5 heteroatoms. The van der Waals surface area contributed by atoms with Crippen LogP contribution in [-0.4, -0.2) is 34.3 Å². The van der Waals surface area contributed by atoms with E-state index >= 15 is 0 Å². The van der Waals surface area contributed by atoms with Gasteiger partial charge in [-0.05, 0) is 48.9 Å². The zero-order chi connectivity index (χ0) is 20.8. The molecule has 2 aromatic carbocycles. The van der Waals surface area contributed by atoms with Gasteiger partial charge in [0, 0.05) is 18.3 Å². The first kappa shape index (κ1) is 21.4. The fraction of sp³-hybridized carbons (Fsp3) is 0.417. The van der Waals surface area contributed by atoms with Crippen molar-refractivity contribution in [3.63, 3.8) is 0 Å². The van der Waals surface area contributed by atoms with Crippen molar-refractivity contribution in [1.82, 2.24) is 4.90 Å². The molecule has 1 fully saturated rings. The van der Waals surface area contributed by atoms with E-state index in [0.29, 0.717) is 24.3 Å². The van der Waals surface area contributed by atoms with Crippen molar-refractivity contribution < 1.29 is 9.59 Å². The molecule has 2 aromatic rings. The molecule has 2 amide bonds. The van der Waals surface area contributed by atoms with Crippen LogP contribution in [-0.2, 0) is 16.1 Å². The third kappa shape index (κ3) is 6.64. The Labute approximate surface area is 178 Å². The number of hydrogen-bond donors (Lipinski definition) is 1. The van der Waals surface area contributed by atoms with Crippen molar-refractivity contribution in [2.75, 3.05) is 16.8 Å². The highest BCUT2D eigenvalue weighted by Crippen LogP contribution is 2.29. The third-order valence-electron chi connectivity index (χ3n) is 5.10. The average Bonchev–Trinajstić information content (AvgIpc) is 3.53. The van der Waals surface area contributed by atoms with Gasteiger partial charge in [-0.1, -0.05) is 55.8 Å². The van der Waals surface area contributed by atoms with Crippen LogP contribution in [0.4, 0.5) is 5.69 Å². The Hall–Kier alpha value is -2.27. The number of rotatable bonds is 9. The number of carbonyl (C=O) groups is 2. The molecule has 3 rings (SSSR count). The van der Waals surface area contributed by atoms with Crippen LogP contribution in [0.3, 0.4) is 0 Å². The first-order valence-corrected chi connectivity index (χ1v) is 11.4. The average molecular weight is 411 g/mol. The molecule has 0 aliphatic heterocycles. The molecule has 29 heavy (non-hydrogen) atoms. The lowest BCUT2D eigenvalue weighted by Gasteiger charge is -2.23. The number of nitrogens with one attached hydrogen (secondary N) is 1. The van der Waals surface area contributed by atoms with E-state index in [4.69, 9.17) is 0 Å². The van der Waals surface area contributed by atoms with E-state index in [0.717, 1.165) is 29.7 Å². The Morgan fingerprint density at radius 3 is 2.28 bits per heavy atom. The van der Waals surface area contributed by atoms with Crippen LogP contribution in [0.1, 0.15) is 49.3 Å². The van der Waals surface area contributed by atoms with Gasteiger partial charge in [0.15, 0.2) is 0 Å². The molecule has 0 radical (unpaired) electrons. The van der Waals surface area contributed by atoms with Gasteiger partial charge in [-0.2, -0.15) is 0 Å². The maximum atomic E-state index is 12.8. The van der Waals surface area contributed by atoms with E-state index in [1.807, 2.05) is 36.1 Å². The molecule has 0 bridgehead atoms. The predicted molar refractivity (Wildman–Crippen MR) is 121 cm³/mol. The van der Waals surface area contributed by atoms with Gasteiger partial charge in [0.25, 0.3) is 0 Å². The molecule has 0 spiro atoms. The molecule has 1 aliphatic rings. The summed E-state index contributed by atoms with van der Waals surface area (Å²) in [4.78, 5) is 26.9. The Kier molecular flexibility index (Phi) is 7.37. The highest BCUT2D eigenvalue weighted by Gasteiger charge is 2.32. The molecule has 0 heterocycles. The number of hydrogen-bond acceptors (Lipinski definition) is 3. The minimum atomic E-state index is -0.0751. The number of nitrogens with zero attached hydrogens (tertiary/aromatic N) is 1. The lowest BCUT2D eigenvalue weighted by molar-refractivity contribution is -0.129. The van der Waals surface area contributed by atoms with E-state index < -0.39 is 0 Å². The van der Waals surface area contributed by atoms with E-state index in [9.17, 15) is 9.59 Å². The van der Waals surface area contributed by atoms with E-state index in [1.54, 1.807) is 0 Å². The molecule has 0 saturated heterocycles. The van der Waals surface area contributed by atoms with Gasteiger partial charge in [-0.15, -0.1) is 11.8 Å². The Bertz CT molecular complexity index is 827. The number of carbonyl (C=O) groups excluding carboxylic acids is 2. The monoisotopic (exact) mass is 410 g/mol. The van der Waals surface area contributed by atoms with Crippen molar-refractivity contribution in [2.45, 2.75) is 52.1 Å². The summed E-state index contributed by atoms with van der Waals surface area (Å²) in [5.74, 6) is 1.17. The fourth-order valence-electron chi connectivity index (χ4n) is 3.16. The quantitative estimate of drug-likeness (QED) is 0.634. The number of benzene rings is 2. The maximum absolute atomic E-state index is 12.8. The second kappa shape index (κ2) is 9.97. The fourth-order valence-corrected chi connectivity index (χ4v) is 3.86. The van der Waals surface area contributed by atoms with Crippen LogP contribution in [0.5, 0.6) is 0 Å². The van der Waals surface area contributed by atoms with Gasteiger partial charge in [0.2, 0.25) is 11.8 Å². The van der Waals surface area contributed by atoms with Crippen LogP contribution >= 0.6 is 11.8 Å². The number of anilines is 1. The van der Waals surface area contributed by atoms with Crippen LogP contribution in [0, 0.1) is 6.92 Å². The maximum Gasteiger partial charge on any atom is 0.234 e. The summed E-state index contributed by atoms with van der Waals surface area (Å²) in [6.45, 7) is 7.03. The van der Waals surface area contributed by atoms with Gasteiger partial charge >= 0.3 is 0 Å². The van der Waals surface area contributed by atoms with Crippen molar-refractivity contribution in [1.29, 1.82) is 0 Å². The minimum Gasteiger partial charge on any atom is -0.335 e. The summed E-state index contributed by atoms with van der Waals surface area (Å²) in [5, 5.41) is 2.88. The Balaban J connectivity index is 1.47. The number of amides is 2. The first-order chi connectivity index (χ1) is 13.9. The molecule has 0 atom stereocenters. The summed E-state index contributed by atoms with van der Waals surface area (Å²) >= 11 is 1.38. The predicted octanol–water partition coefficient (Wildman–Crippen LogP) is 4.98. The van der Waals surface area contributed by atoms with Crippen molar-refractivity contribution in [2.24, 2.45) is 0 Å². The van der Waals surface area contributed by atoms with Crippen molar-refractivity contribution in [3.05, 3.63) is 65.2 Å². The highest BCUT2D eigenvalue weighted by atomic mass is 32.2. The number of aryl methyl sites for hydroxylation is 1. The van der Waals surface area contributed by atoms with Crippen molar-refractivity contribution in [3.8, 4) is 0 Å². The zero-order valence-electron chi connectivity index (χ0n) is 17.5. The molecule has 0 unspecified atom stereocenters. The lowest BCUT2D eigenvalue weighted by Crippen LogP contribution is -2.34. The molecule has 4 nitrogen and oxygen atoms in total. The van der Waals surface area contributed by atoms with E-state index in [1.165, 1.54) is 17.3 Å². The summed E-state index contributed by atoms with van der Waals surface area (Å²) in [5.41, 5.74) is 4.42. The van der Waals surface area contributed by atoms with E-state index in [-0.39, 0.29) is 17.6 Å². The molecule has 154 valence electrons. The normalized spacial score (nSPS) is 13.4. The standard InChI is InChI=1S/C24H30N2O2S/c1-17(2)20-8-6-19(7-9-20)14-26(22-12-13-22)24(28)16-29-15-23(27)25-21-10-4-18(3)5-11-21/h4-11,17,22H,12-16H2,1-3H3,(H,25,27). The first-order valence-electron chi connectivity index (χ1n) is 10.2. The second-order valence-corrected chi connectivity index (χ2v) is 9.04. The van der Waals surface area contributed by atoms with Gasteiger partial charge in [0.05, 0.1) is 11.5 Å². The summed E-state index contributed by atoms with van der Waals surface area (Å²) in [7, 11) is 0. The largest absolute Gasteiger partial charge is 0.335 e. The topological polar surface area (TPSA) is 49.4 Å². The summed E-state index contributed by atoms with van der Waals surface area (Å²) in [6.07, 6.45) is 2.16. The summed E-state index contributed by atoms with van der Waals surface area (Å²) in [6, 6.07) is 16.6. The van der Waals surface area contributed by atoms with E-state index in [2.05, 4.69) is 43.4 Å². The van der Waals surface area contributed by atoms with Crippen molar-refractivity contribution >= 4 is 29.3 Å². The van der Waals surface area contributed by atoms with Gasteiger partial charge < -0.3 is 10.2 Å². The SMILES string of the molecule is Cc1ccc(NC(=O)CSCC(=O)N(Cc2ccc(C(C)C)cc2)C2CC2)cc1. The minimum absolute atomic E-state index is 0.0751. The van der Waals surface area contributed by atoms with Crippen LogP contribution in [0.25, 0.3) is 0 Å². The van der Waals surface area contributed by atoms with Crippen LogP contribution in [0.15, 0.2) is 48.5 Å². The van der Waals surface area contributed by atoms with Crippen LogP contribution < -0.4 is 5.32 Å². The second-order valence-electron chi connectivity index (χ2n) is 8.06. The van der Waals surface area contributed by atoms with Gasteiger partial charge in [0.1, 0.15) is 0 Å². The summed E-state index contributed by atoms with van der Waals surface area (Å²) < 4.78 is 0.